The third kappa shape index (κ3) is 2.18. The van der Waals surface area contributed by atoms with E-state index < -0.39 is 0 Å². The summed E-state index contributed by atoms with van der Waals surface area (Å²) in [6.07, 6.45) is 9.05. The molecule has 0 saturated heterocycles. The summed E-state index contributed by atoms with van der Waals surface area (Å²) in [4.78, 5) is 7.56. The molecule has 23 heavy (non-hydrogen) atoms. The fourth-order valence-corrected chi connectivity index (χ4v) is 3.90. The fourth-order valence-electron chi connectivity index (χ4n) is 3.90. The van der Waals surface area contributed by atoms with E-state index in [4.69, 9.17) is 4.98 Å². The second-order valence-electron chi connectivity index (χ2n) is 6.74. The molecular formula is C18H21N5. The zero-order chi connectivity index (χ0) is 15.2. The minimum Gasteiger partial charge on any atom is -0.327 e. The van der Waals surface area contributed by atoms with Crippen LogP contribution in [0, 0.1) is 0 Å². The van der Waals surface area contributed by atoms with Crippen LogP contribution in [0.15, 0.2) is 30.6 Å². The SMILES string of the molecule is c1cc2nc3n(c2cc1-c1cn[nH]c1)CCN(C1CCC1)CC3. The van der Waals surface area contributed by atoms with Crippen LogP contribution in [0.25, 0.3) is 22.2 Å². The lowest BCUT2D eigenvalue weighted by Crippen LogP contribution is -2.41. The summed E-state index contributed by atoms with van der Waals surface area (Å²) < 4.78 is 2.43. The number of hydrogen-bond acceptors (Lipinski definition) is 3. The topological polar surface area (TPSA) is 49.7 Å². The maximum Gasteiger partial charge on any atom is 0.111 e. The van der Waals surface area contributed by atoms with E-state index in [1.54, 1.807) is 0 Å². The lowest BCUT2D eigenvalue weighted by Gasteiger charge is -2.36. The van der Waals surface area contributed by atoms with Crippen molar-refractivity contribution in [1.82, 2.24) is 24.6 Å². The Bertz CT molecular complexity index is 829. The summed E-state index contributed by atoms with van der Waals surface area (Å²) in [5, 5.41) is 6.95. The number of aromatic nitrogens is 4. The molecule has 0 unspecified atom stereocenters. The minimum atomic E-state index is 0.826. The van der Waals surface area contributed by atoms with Gasteiger partial charge in [-0.25, -0.2) is 4.98 Å². The van der Waals surface area contributed by atoms with Crippen molar-refractivity contribution in [2.45, 2.75) is 38.3 Å². The molecule has 2 aliphatic rings. The molecule has 0 atom stereocenters. The van der Waals surface area contributed by atoms with E-state index in [9.17, 15) is 0 Å². The zero-order valence-electron chi connectivity index (χ0n) is 13.2. The molecule has 5 heteroatoms. The van der Waals surface area contributed by atoms with Gasteiger partial charge in [0.1, 0.15) is 5.82 Å². The molecule has 5 rings (SSSR count). The Morgan fingerprint density at radius 3 is 2.83 bits per heavy atom. The van der Waals surface area contributed by atoms with Gasteiger partial charge in [0.2, 0.25) is 0 Å². The van der Waals surface area contributed by atoms with Crippen molar-refractivity contribution in [2.75, 3.05) is 13.1 Å². The molecule has 1 aliphatic carbocycles. The van der Waals surface area contributed by atoms with Gasteiger partial charge in [-0.1, -0.05) is 12.5 Å². The van der Waals surface area contributed by atoms with Crippen LogP contribution in [0.5, 0.6) is 0 Å². The van der Waals surface area contributed by atoms with Gasteiger partial charge >= 0.3 is 0 Å². The number of aromatic amines is 1. The predicted molar refractivity (Wildman–Crippen MR) is 90.2 cm³/mol. The van der Waals surface area contributed by atoms with E-state index in [1.165, 1.54) is 36.2 Å². The highest BCUT2D eigenvalue weighted by molar-refractivity contribution is 5.82. The van der Waals surface area contributed by atoms with Gasteiger partial charge in [0.05, 0.1) is 17.2 Å². The molecule has 3 heterocycles. The lowest BCUT2D eigenvalue weighted by atomic mass is 9.91. The highest BCUT2D eigenvalue weighted by atomic mass is 15.2. The van der Waals surface area contributed by atoms with Crippen LogP contribution in [0.3, 0.4) is 0 Å². The van der Waals surface area contributed by atoms with Crippen molar-refractivity contribution < 1.29 is 0 Å². The molecular weight excluding hydrogens is 286 g/mol. The van der Waals surface area contributed by atoms with E-state index in [-0.39, 0.29) is 0 Å². The monoisotopic (exact) mass is 307 g/mol. The zero-order valence-corrected chi connectivity index (χ0v) is 13.2. The van der Waals surface area contributed by atoms with Crippen LogP contribution < -0.4 is 0 Å². The van der Waals surface area contributed by atoms with Gasteiger partial charge in [-0.05, 0) is 30.5 Å². The van der Waals surface area contributed by atoms with E-state index in [0.29, 0.717) is 0 Å². The third-order valence-corrected chi connectivity index (χ3v) is 5.48. The normalized spacial score (nSPS) is 19.5. The number of benzene rings is 1. The van der Waals surface area contributed by atoms with Crippen molar-refractivity contribution in [3.8, 4) is 11.1 Å². The Balaban J connectivity index is 1.51. The molecule has 2 aromatic heterocycles. The highest BCUT2D eigenvalue weighted by Crippen LogP contribution is 2.29. The predicted octanol–water partition coefficient (Wildman–Crippen LogP) is 2.84. The molecule has 1 saturated carbocycles. The van der Waals surface area contributed by atoms with Crippen molar-refractivity contribution in [2.24, 2.45) is 0 Å². The highest BCUT2D eigenvalue weighted by Gasteiger charge is 2.27. The maximum atomic E-state index is 4.89. The number of nitrogens with zero attached hydrogens (tertiary/aromatic N) is 4. The Hall–Kier alpha value is -2.14. The van der Waals surface area contributed by atoms with E-state index in [0.717, 1.165) is 43.2 Å². The largest absolute Gasteiger partial charge is 0.327 e. The van der Waals surface area contributed by atoms with Crippen LogP contribution in [-0.2, 0) is 13.0 Å². The van der Waals surface area contributed by atoms with E-state index in [1.807, 2.05) is 12.4 Å². The first-order valence-corrected chi connectivity index (χ1v) is 8.61. The quantitative estimate of drug-likeness (QED) is 0.792. The Morgan fingerprint density at radius 1 is 1.09 bits per heavy atom. The number of nitrogens with one attached hydrogen (secondary N) is 1. The molecule has 1 aliphatic heterocycles. The van der Waals surface area contributed by atoms with Crippen molar-refractivity contribution in [3.63, 3.8) is 0 Å². The summed E-state index contributed by atoms with van der Waals surface area (Å²) in [7, 11) is 0. The first kappa shape index (κ1) is 13.3. The molecule has 3 aromatic rings. The first-order valence-electron chi connectivity index (χ1n) is 8.61. The summed E-state index contributed by atoms with van der Waals surface area (Å²) in [6, 6.07) is 7.37. The molecule has 1 fully saturated rings. The van der Waals surface area contributed by atoms with Crippen LogP contribution in [0.1, 0.15) is 25.1 Å². The maximum absolute atomic E-state index is 4.89. The summed E-state index contributed by atoms with van der Waals surface area (Å²) in [5.74, 6) is 1.24. The number of hydrogen-bond donors (Lipinski definition) is 1. The number of rotatable bonds is 2. The average molecular weight is 307 g/mol. The van der Waals surface area contributed by atoms with Crippen LogP contribution in [-0.4, -0.2) is 43.8 Å². The van der Waals surface area contributed by atoms with Gasteiger partial charge < -0.3 is 4.57 Å². The summed E-state index contributed by atoms with van der Waals surface area (Å²) in [6.45, 7) is 3.36. The Morgan fingerprint density at radius 2 is 2.04 bits per heavy atom. The Kier molecular flexibility index (Phi) is 3.01. The first-order chi connectivity index (χ1) is 11.4. The van der Waals surface area contributed by atoms with Crippen molar-refractivity contribution in [3.05, 3.63) is 36.4 Å². The van der Waals surface area contributed by atoms with E-state index >= 15 is 0 Å². The van der Waals surface area contributed by atoms with Crippen molar-refractivity contribution in [1.29, 1.82) is 0 Å². The third-order valence-electron chi connectivity index (χ3n) is 5.48. The number of H-pyrrole nitrogens is 1. The smallest absolute Gasteiger partial charge is 0.111 e. The summed E-state index contributed by atoms with van der Waals surface area (Å²) >= 11 is 0. The van der Waals surface area contributed by atoms with Crippen LogP contribution in [0.2, 0.25) is 0 Å². The van der Waals surface area contributed by atoms with Gasteiger partial charge in [0.25, 0.3) is 0 Å². The fraction of sp³-hybridized carbons (Fsp3) is 0.444. The van der Waals surface area contributed by atoms with Gasteiger partial charge in [0, 0.05) is 43.9 Å². The van der Waals surface area contributed by atoms with Crippen molar-refractivity contribution >= 4 is 11.0 Å². The minimum absolute atomic E-state index is 0.826. The number of imidazole rings is 1. The van der Waals surface area contributed by atoms with Gasteiger partial charge in [0.15, 0.2) is 0 Å². The molecule has 118 valence electrons. The average Bonchev–Trinajstić information content (AvgIpc) is 3.11. The standard InChI is InChI=1S/C18H21N5/c1-2-15(3-1)22-7-6-18-21-16-5-4-13(14-11-19-20-12-14)10-17(16)23(18)9-8-22/h4-5,10-12,15H,1-3,6-9H2,(H,19,20). The molecule has 1 N–H and O–H groups in total. The second kappa shape index (κ2) is 5.20. The molecule has 5 nitrogen and oxygen atoms in total. The molecule has 0 spiro atoms. The molecule has 1 aromatic carbocycles. The van der Waals surface area contributed by atoms with Crippen LogP contribution in [0.4, 0.5) is 0 Å². The van der Waals surface area contributed by atoms with Gasteiger partial charge in [-0.2, -0.15) is 5.10 Å². The lowest BCUT2D eigenvalue weighted by molar-refractivity contribution is 0.130. The number of fused-ring (bicyclic) bond motifs is 3. The Labute approximate surface area is 135 Å². The van der Waals surface area contributed by atoms with Crippen LogP contribution >= 0.6 is 0 Å². The van der Waals surface area contributed by atoms with Gasteiger partial charge in [-0.3, -0.25) is 10.00 Å². The molecule has 0 bridgehead atoms. The molecule has 0 radical (unpaired) electrons. The summed E-state index contributed by atoms with van der Waals surface area (Å²) in [5.41, 5.74) is 4.71. The van der Waals surface area contributed by atoms with E-state index in [2.05, 4.69) is 37.9 Å². The van der Waals surface area contributed by atoms with Gasteiger partial charge in [-0.15, -0.1) is 0 Å². The second-order valence-corrected chi connectivity index (χ2v) is 6.74. The molecule has 0 amide bonds.